The predicted molar refractivity (Wildman–Crippen MR) is 210 cm³/mol. The zero-order valence-electron chi connectivity index (χ0n) is 26.5. The maximum Gasteiger partial charge on any atom is 0.159 e. The summed E-state index contributed by atoms with van der Waals surface area (Å²) in [5, 5.41) is 7.22. The van der Waals surface area contributed by atoms with E-state index in [9.17, 15) is 0 Å². The van der Waals surface area contributed by atoms with Gasteiger partial charge in [-0.05, 0) is 81.6 Å². The Balaban J connectivity index is 1.28. The SMILES string of the molecule is c1ccc(-c2cc(-c3cccc4c3sc3ccccc34)cc(N(c3ccc4ccccc4c3)c3cccc4c3oc3ccccc34)c2)cc1. The lowest BCUT2D eigenvalue weighted by molar-refractivity contribution is 0.669. The average Bonchev–Trinajstić information content (AvgIpc) is 3.74. The number of hydrogen-bond donors (Lipinski definition) is 0. The van der Waals surface area contributed by atoms with Crippen LogP contribution in [0.15, 0.2) is 180 Å². The molecule has 230 valence electrons. The van der Waals surface area contributed by atoms with Crippen molar-refractivity contribution in [1.29, 1.82) is 0 Å². The van der Waals surface area contributed by atoms with E-state index in [4.69, 9.17) is 4.42 Å². The number of hydrogen-bond acceptors (Lipinski definition) is 3. The molecule has 8 aromatic carbocycles. The van der Waals surface area contributed by atoms with Crippen molar-refractivity contribution in [2.45, 2.75) is 0 Å². The largest absolute Gasteiger partial charge is 0.454 e. The van der Waals surface area contributed by atoms with Crippen LogP contribution in [0.1, 0.15) is 0 Å². The van der Waals surface area contributed by atoms with Gasteiger partial charge in [-0.1, -0.05) is 127 Å². The first-order valence-corrected chi connectivity index (χ1v) is 17.4. The van der Waals surface area contributed by atoms with Crippen molar-refractivity contribution in [1.82, 2.24) is 0 Å². The lowest BCUT2D eigenvalue weighted by Crippen LogP contribution is -2.10. The molecule has 0 radical (unpaired) electrons. The van der Waals surface area contributed by atoms with Gasteiger partial charge in [-0.2, -0.15) is 0 Å². The van der Waals surface area contributed by atoms with Crippen molar-refractivity contribution in [3.05, 3.63) is 176 Å². The average molecular weight is 644 g/mol. The predicted octanol–water partition coefficient (Wildman–Crippen LogP) is 13.9. The molecule has 0 aliphatic rings. The quantitative estimate of drug-likeness (QED) is 0.186. The number of para-hydroxylation sites is 2. The number of benzene rings is 8. The van der Waals surface area contributed by atoms with Crippen LogP contribution in [-0.4, -0.2) is 0 Å². The van der Waals surface area contributed by atoms with E-state index in [-0.39, 0.29) is 0 Å². The molecule has 3 heteroatoms. The Morgan fingerprint density at radius 2 is 1.14 bits per heavy atom. The van der Waals surface area contributed by atoms with Gasteiger partial charge in [0.15, 0.2) is 5.58 Å². The maximum absolute atomic E-state index is 6.68. The molecule has 2 aromatic heterocycles. The Labute approximate surface area is 287 Å². The molecular weight excluding hydrogens is 615 g/mol. The molecule has 0 atom stereocenters. The molecule has 0 saturated carbocycles. The minimum absolute atomic E-state index is 0.870. The van der Waals surface area contributed by atoms with Gasteiger partial charge in [0.05, 0.1) is 5.69 Å². The van der Waals surface area contributed by atoms with Gasteiger partial charge in [0.2, 0.25) is 0 Å². The second kappa shape index (κ2) is 11.2. The molecule has 0 fully saturated rings. The number of nitrogens with zero attached hydrogens (tertiary/aromatic N) is 1. The van der Waals surface area contributed by atoms with Crippen LogP contribution in [0.4, 0.5) is 17.1 Å². The summed E-state index contributed by atoms with van der Waals surface area (Å²) in [5.74, 6) is 0. The first-order chi connectivity index (χ1) is 24.3. The Morgan fingerprint density at radius 3 is 2.06 bits per heavy atom. The minimum Gasteiger partial charge on any atom is -0.454 e. The third kappa shape index (κ3) is 4.62. The highest BCUT2D eigenvalue weighted by molar-refractivity contribution is 7.26. The summed E-state index contributed by atoms with van der Waals surface area (Å²) in [6, 6.07) is 63.3. The lowest BCUT2D eigenvalue weighted by atomic mass is 9.96. The van der Waals surface area contributed by atoms with Crippen LogP contribution in [0, 0.1) is 0 Å². The summed E-state index contributed by atoms with van der Waals surface area (Å²) in [5.41, 5.74) is 9.65. The van der Waals surface area contributed by atoms with Gasteiger partial charge in [0, 0.05) is 42.3 Å². The lowest BCUT2D eigenvalue weighted by Gasteiger charge is -2.27. The summed E-state index contributed by atoms with van der Waals surface area (Å²) in [4.78, 5) is 2.37. The number of thiophene rings is 1. The Hall–Kier alpha value is -6.16. The van der Waals surface area contributed by atoms with Crippen molar-refractivity contribution in [2.75, 3.05) is 4.90 Å². The number of furan rings is 1. The summed E-state index contributed by atoms with van der Waals surface area (Å²) < 4.78 is 9.28. The van der Waals surface area contributed by atoms with Crippen LogP contribution >= 0.6 is 11.3 Å². The maximum atomic E-state index is 6.68. The third-order valence-corrected chi connectivity index (χ3v) is 10.8. The molecule has 10 aromatic rings. The topological polar surface area (TPSA) is 16.4 Å². The molecule has 0 unspecified atom stereocenters. The standard InChI is InChI=1S/C46H29NOS/c1-2-12-30(13-3-1)33-26-34(37-18-10-20-41-39-17-7-9-23-44(39)49-46(37)41)29-36(28-33)47(35-25-24-31-14-4-5-15-32(31)27-35)42-21-11-19-40-38-16-6-8-22-43(38)48-45(40)42/h1-29H. The Morgan fingerprint density at radius 1 is 0.429 bits per heavy atom. The number of fused-ring (bicyclic) bond motifs is 7. The molecule has 2 heterocycles. The highest BCUT2D eigenvalue weighted by atomic mass is 32.1. The molecule has 10 rings (SSSR count). The molecule has 0 saturated heterocycles. The van der Waals surface area contributed by atoms with Gasteiger partial charge in [0.1, 0.15) is 5.58 Å². The molecule has 0 aliphatic heterocycles. The van der Waals surface area contributed by atoms with Gasteiger partial charge in [-0.25, -0.2) is 0 Å². The van der Waals surface area contributed by atoms with E-state index >= 15 is 0 Å². The van der Waals surface area contributed by atoms with Gasteiger partial charge in [-0.3, -0.25) is 0 Å². The Kier molecular flexibility index (Phi) is 6.39. The van der Waals surface area contributed by atoms with Gasteiger partial charge in [-0.15, -0.1) is 11.3 Å². The summed E-state index contributed by atoms with van der Waals surface area (Å²) in [6.07, 6.45) is 0. The fourth-order valence-electron chi connectivity index (χ4n) is 7.32. The minimum atomic E-state index is 0.870. The third-order valence-electron chi connectivity index (χ3n) is 9.61. The van der Waals surface area contributed by atoms with E-state index < -0.39 is 0 Å². The van der Waals surface area contributed by atoms with Crippen LogP contribution in [0.3, 0.4) is 0 Å². The van der Waals surface area contributed by atoms with E-state index in [1.165, 1.54) is 47.6 Å². The normalized spacial score (nSPS) is 11.7. The first-order valence-electron chi connectivity index (χ1n) is 16.6. The van der Waals surface area contributed by atoms with E-state index in [0.717, 1.165) is 44.6 Å². The second-order valence-electron chi connectivity index (χ2n) is 12.5. The molecule has 2 nitrogen and oxygen atoms in total. The van der Waals surface area contributed by atoms with E-state index in [2.05, 4.69) is 175 Å². The van der Waals surface area contributed by atoms with Gasteiger partial charge < -0.3 is 9.32 Å². The van der Waals surface area contributed by atoms with Crippen LogP contribution in [0.25, 0.3) is 75.1 Å². The highest BCUT2D eigenvalue weighted by Crippen LogP contribution is 2.46. The van der Waals surface area contributed by atoms with Crippen molar-refractivity contribution in [2.24, 2.45) is 0 Å². The van der Waals surface area contributed by atoms with Gasteiger partial charge >= 0.3 is 0 Å². The highest BCUT2D eigenvalue weighted by Gasteiger charge is 2.22. The van der Waals surface area contributed by atoms with Crippen molar-refractivity contribution in [3.8, 4) is 22.3 Å². The molecule has 0 N–H and O–H groups in total. The number of rotatable bonds is 5. The van der Waals surface area contributed by atoms with Crippen LogP contribution in [0.5, 0.6) is 0 Å². The van der Waals surface area contributed by atoms with Crippen molar-refractivity contribution in [3.63, 3.8) is 0 Å². The fraction of sp³-hybridized carbons (Fsp3) is 0. The van der Waals surface area contributed by atoms with Crippen molar-refractivity contribution >= 4 is 81.3 Å². The summed E-state index contributed by atoms with van der Waals surface area (Å²) in [7, 11) is 0. The fourth-order valence-corrected chi connectivity index (χ4v) is 8.56. The zero-order valence-corrected chi connectivity index (χ0v) is 27.3. The van der Waals surface area contributed by atoms with Crippen LogP contribution in [-0.2, 0) is 0 Å². The number of anilines is 3. The summed E-state index contributed by atoms with van der Waals surface area (Å²) >= 11 is 1.87. The van der Waals surface area contributed by atoms with E-state index in [0.29, 0.717) is 0 Å². The Bertz CT molecular complexity index is 2840. The zero-order chi connectivity index (χ0) is 32.3. The first kappa shape index (κ1) is 27.9. The molecule has 0 aliphatic carbocycles. The summed E-state index contributed by atoms with van der Waals surface area (Å²) in [6.45, 7) is 0. The van der Waals surface area contributed by atoms with Crippen LogP contribution < -0.4 is 4.90 Å². The van der Waals surface area contributed by atoms with E-state index in [1.54, 1.807) is 0 Å². The molecule has 49 heavy (non-hydrogen) atoms. The smallest absolute Gasteiger partial charge is 0.159 e. The second-order valence-corrected chi connectivity index (χ2v) is 13.6. The monoisotopic (exact) mass is 643 g/mol. The molecular formula is C46H29NOS. The van der Waals surface area contributed by atoms with E-state index in [1.807, 2.05) is 17.4 Å². The molecule has 0 spiro atoms. The van der Waals surface area contributed by atoms with Crippen LogP contribution in [0.2, 0.25) is 0 Å². The van der Waals surface area contributed by atoms with Gasteiger partial charge in [0.25, 0.3) is 0 Å². The molecule has 0 bridgehead atoms. The van der Waals surface area contributed by atoms with Crippen molar-refractivity contribution < 1.29 is 4.42 Å². The molecule has 0 amide bonds.